The standard InChI is InChI=1S/C10H12ClN3/c11-5-2-6-12-9-3-1-4-10-13-7-8-14(9)10/h1,3-4,7-8,12H,2,5-6H2. The van der Waals surface area contributed by atoms with E-state index in [4.69, 9.17) is 11.6 Å². The highest BCUT2D eigenvalue weighted by Gasteiger charge is 1.98. The first kappa shape index (κ1) is 9.34. The van der Waals surface area contributed by atoms with Crippen molar-refractivity contribution in [1.82, 2.24) is 9.38 Å². The molecule has 0 spiro atoms. The maximum atomic E-state index is 5.61. The third-order valence-electron chi connectivity index (χ3n) is 2.04. The Morgan fingerprint density at radius 1 is 1.43 bits per heavy atom. The van der Waals surface area contributed by atoms with Crippen LogP contribution in [0.1, 0.15) is 6.42 Å². The maximum Gasteiger partial charge on any atom is 0.138 e. The molecule has 0 aliphatic heterocycles. The Kier molecular flexibility index (Phi) is 2.89. The van der Waals surface area contributed by atoms with Crippen molar-refractivity contribution in [1.29, 1.82) is 0 Å². The van der Waals surface area contributed by atoms with Crippen molar-refractivity contribution in [3.63, 3.8) is 0 Å². The predicted molar refractivity (Wildman–Crippen MR) is 59.0 cm³/mol. The fourth-order valence-electron chi connectivity index (χ4n) is 1.37. The van der Waals surface area contributed by atoms with E-state index >= 15 is 0 Å². The monoisotopic (exact) mass is 209 g/mol. The third-order valence-corrected chi connectivity index (χ3v) is 2.31. The Morgan fingerprint density at radius 2 is 2.36 bits per heavy atom. The minimum absolute atomic E-state index is 0.687. The van der Waals surface area contributed by atoms with Gasteiger partial charge in [-0.1, -0.05) is 6.07 Å². The molecule has 14 heavy (non-hydrogen) atoms. The van der Waals surface area contributed by atoms with Crippen LogP contribution in [0.4, 0.5) is 5.82 Å². The van der Waals surface area contributed by atoms with E-state index in [0.717, 1.165) is 24.4 Å². The molecule has 0 bridgehead atoms. The first-order valence-electron chi connectivity index (χ1n) is 4.64. The van der Waals surface area contributed by atoms with E-state index in [1.54, 1.807) is 6.20 Å². The summed E-state index contributed by atoms with van der Waals surface area (Å²) in [5.74, 6) is 1.75. The van der Waals surface area contributed by atoms with Gasteiger partial charge in [0.15, 0.2) is 0 Å². The number of nitrogens with one attached hydrogen (secondary N) is 1. The van der Waals surface area contributed by atoms with E-state index in [-0.39, 0.29) is 0 Å². The second kappa shape index (κ2) is 4.33. The van der Waals surface area contributed by atoms with E-state index in [0.29, 0.717) is 5.88 Å². The van der Waals surface area contributed by atoms with Crippen LogP contribution >= 0.6 is 11.6 Å². The Balaban J connectivity index is 2.19. The van der Waals surface area contributed by atoms with Crippen LogP contribution < -0.4 is 5.32 Å². The number of nitrogens with zero attached hydrogens (tertiary/aromatic N) is 2. The molecule has 0 radical (unpaired) electrons. The van der Waals surface area contributed by atoms with Crippen molar-refractivity contribution in [2.45, 2.75) is 6.42 Å². The van der Waals surface area contributed by atoms with E-state index in [1.807, 2.05) is 28.8 Å². The zero-order chi connectivity index (χ0) is 9.80. The van der Waals surface area contributed by atoms with Crippen LogP contribution in [-0.2, 0) is 0 Å². The highest BCUT2D eigenvalue weighted by Crippen LogP contribution is 2.10. The number of alkyl halides is 1. The molecule has 2 aromatic heterocycles. The lowest BCUT2D eigenvalue weighted by Crippen LogP contribution is -2.05. The zero-order valence-corrected chi connectivity index (χ0v) is 8.54. The number of rotatable bonds is 4. The Labute approximate surface area is 87.7 Å². The number of pyridine rings is 1. The molecule has 0 aliphatic rings. The number of hydrogen-bond acceptors (Lipinski definition) is 2. The van der Waals surface area contributed by atoms with Crippen molar-refractivity contribution in [3.05, 3.63) is 30.6 Å². The number of aromatic nitrogens is 2. The van der Waals surface area contributed by atoms with Crippen LogP contribution in [0.15, 0.2) is 30.6 Å². The Bertz CT molecular complexity index is 410. The number of imidazole rings is 1. The zero-order valence-electron chi connectivity index (χ0n) is 7.78. The number of fused-ring (bicyclic) bond motifs is 1. The largest absolute Gasteiger partial charge is 0.371 e. The quantitative estimate of drug-likeness (QED) is 0.619. The van der Waals surface area contributed by atoms with Gasteiger partial charge in [0.1, 0.15) is 11.5 Å². The first-order chi connectivity index (χ1) is 6.92. The molecule has 0 aliphatic carbocycles. The van der Waals surface area contributed by atoms with Crippen LogP contribution in [0.2, 0.25) is 0 Å². The fourth-order valence-corrected chi connectivity index (χ4v) is 1.51. The minimum Gasteiger partial charge on any atom is -0.371 e. The normalized spacial score (nSPS) is 10.6. The van der Waals surface area contributed by atoms with Gasteiger partial charge in [-0.3, -0.25) is 4.40 Å². The molecule has 0 saturated carbocycles. The summed E-state index contributed by atoms with van der Waals surface area (Å²) in [5.41, 5.74) is 0.959. The van der Waals surface area contributed by atoms with Gasteiger partial charge in [0.2, 0.25) is 0 Å². The van der Waals surface area contributed by atoms with Gasteiger partial charge in [-0.15, -0.1) is 11.6 Å². The summed E-state index contributed by atoms with van der Waals surface area (Å²) in [6, 6.07) is 6.00. The van der Waals surface area contributed by atoms with Gasteiger partial charge in [-0.05, 0) is 18.6 Å². The maximum absolute atomic E-state index is 5.61. The number of halogens is 1. The molecule has 3 nitrogen and oxygen atoms in total. The van der Waals surface area contributed by atoms with Crippen molar-refractivity contribution >= 4 is 23.1 Å². The van der Waals surface area contributed by atoms with Gasteiger partial charge in [0.05, 0.1) is 0 Å². The minimum atomic E-state index is 0.687. The summed E-state index contributed by atoms with van der Waals surface area (Å²) in [6.07, 6.45) is 4.70. The second-order valence-corrected chi connectivity index (χ2v) is 3.41. The highest BCUT2D eigenvalue weighted by atomic mass is 35.5. The molecule has 2 heterocycles. The molecular formula is C10H12ClN3. The number of anilines is 1. The topological polar surface area (TPSA) is 29.3 Å². The van der Waals surface area contributed by atoms with E-state index in [9.17, 15) is 0 Å². The molecule has 2 rings (SSSR count). The molecule has 2 aromatic rings. The number of hydrogen-bond donors (Lipinski definition) is 1. The summed E-state index contributed by atoms with van der Waals surface area (Å²) in [5, 5.41) is 3.31. The molecule has 74 valence electrons. The Morgan fingerprint density at radius 3 is 3.21 bits per heavy atom. The summed E-state index contributed by atoms with van der Waals surface area (Å²) in [6.45, 7) is 0.890. The van der Waals surface area contributed by atoms with Crippen LogP contribution in [0.5, 0.6) is 0 Å². The molecule has 0 unspecified atom stereocenters. The molecular weight excluding hydrogens is 198 g/mol. The summed E-state index contributed by atoms with van der Waals surface area (Å²) < 4.78 is 2.02. The van der Waals surface area contributed by atoms with Gasteiger partial charge >= 0.3 is 0 Å². The van der Waals surface area contributed by atoms with Gasteiger partial charge in [-0.25, -0.2) is 4.98 Å². The lowest BCUT2D eigenvalue weighted by atomic mass is 10.4. The fraction of sp³-hybridized carbons (Fsp3) is 0.300. The van der Waals surface area contributed by atoms with Crippen LogP contribution in [0, 0.1) is 0 Å². The molecule has 0 amide bonds. The van der Waals surface area contributed by atoms with Crippen molar-refractivity contribution in [2.75, 3.05) is 17.7 Å². The predicted octanol–water partition coefficient (Wildman–Crippen LogP) is 2.38. The van der Waals surface area contributed by atoms with Crippen LogP contribution in [0.25, 0.3) is 5.65 Å². The molecule has 4 heteroatoms. The van der Waals surface area contributed by atoms with Gasteiger partial charge in [0, 0.05) is 24.8 Å². The van der Waals surface area contributed by atoms with Crippen molar-refractivity contribution in [3.8, 4) is 0 Å². The average molecular weight is 210 g/mol. The van der Waals surface area contributed by atoms with E-state index in [1.165, 1.54) is 0 Å². The summed E-state index contributed by atoms with van der Waals surface area (Å²) in [7, 11) is 0. The lowest BCUT2D eigenvalue weighted by Gasteiger charge is -2.07. The lowest BCUT2D eigenvalue weighted by molar-refractivity contribution is 0.967. The van der Waals surface area contributed by atoms with Crippen molar-refractivity contribution < 1.29 is 0 Å². The third kappa shape index (κ3) is 1.82. The SMILES string of the molecule is ClCCCNc1cccc2nccn12. The molecule has 0 fully saturated rings. The summed E-state index contributed by atoms with van der Waals surface area (Å²) >= 11 is 5.61. The highest BCUT2D eigenvalue weighted by molar-refractivity contribution is 6.17. The Hall–Kier alpha value is -1.22. The second-order valence-electron chi connectivity index (χ2n) is 3.04. The van der Waals surface area contributed by atoms with Gasteiger partial charge in [0.25, 0.3) is 0 Å². The molecule has 0 aromatic carbocycles. The average Bonchev–Trinajstić information content (AvgIpc) is 2.67. The first-order valence-corrected chi connectivity index (χ1v) is 5.17. The van der Waals surface area contributed by atoms with Gasteiger partial charge < -0.3 is 5.32 Å². The molecule has 0 atom stereocenters. The van der Waals surface area contributed by atoms with Gasteiger partial charge in [-0.2, -0.15) is 0 Å². The molecule has 0 saturated heterocycles. The molecule has 1 N–H and O–H groups in total. The summed E-state index contributed by atoms with van der Waals surface area (Å²) in [4.78, 5) is 4.20. The van der Waals surface area contributed by atoms with E-state index in [2.05, 4.69) is 10.3 Å². The van der Waals surface area contributed by atoms with E-state index < -0.39 is 0 Å². The smallest absolute Gasteiger partial charge is 0.138 e. The van der Waals surface area contributed by atoms with Crippen LogP contribution in [0.3, 0.4) is 0 Å². The van der Waals surface area contributed by atoms with Crippen molar-refractivity contribution in [2.24, 2.45) is 0 Å². The van der Waals surface area contributed by atoms with Crippen LogP contribution in [-0.4, -0.2) is 21.8 Å².